The van der Waals surface area contributed by atoms with E-state index >= 15 is 0 Å². The summed E-state index contributed by atoms with van der Waals surface area (Å²) >= 11 is 1.32. The number of carboxylic acid groups (broad SMARTS) is 1. The van der Waals surface area contributed by atoms with Crippen LogP contribution in [-0.2, 0) is 11.2 Å². The molecule has 1 fully saturated rings. The van der Waals surface area contributed by atoms with Crippen LogP contribution in [0.4, 0.5) is 5.69 Å². The first-order chi connectivity index (χ1) is 18.0. The number of furan rings is 1. The number of benzene rings is 3. The Morgan fingerprint density at radius 3 is 2.41 bits per heavy atom. The summed E-state index contributed by atoms with van der Waals surface area (Å²) in [6, 6.07) is 27.8. The van der Waals surface area contributed by atoms with E-state index in [1.54, 1.807) is 35.2 Å². The Balaban J connectivity index is 1.40. The molecule has 1 aliphatic rings. The molecule has 4 aromatic rings. The van der Waals surface area contributed by atoms with Crippen molar-refractivity contribution in [1.82, 2.24) is 4.90 Å². The van der Waals surface area contributed by atoms with E-state index in [0.29, 0.717) is 34.6 Å². The van der Waals surface area contributed by atoms with Gasteiger partial charge in [-0.15, -0.1) is 0 Å². The Kier molecular flexibility index (Phi) is 7.05. The van der Waals surface area contributed by atoms with Gasteiger partial charge in [-0.2, -0.15) is 0 Å². The summed E-state index contributed by atoms with van der Waals surface area (Å²) in [4.78, 5) is 31.4. The van der Waals surface area contributed by atoms with E-state index in [9.17, 15) is 14.7 Å². The number of nitrogens with zero attached hydrogens (tertiary/aromatic N) is 2. The van der Waals surface area contributed by atoms with Crippen LogP contribution in [0.1, 0.15) is 27.2 Å². The number of hydrogen-bond donors (Lipinski definition) is 0. The van der Waals surface area contributed by atoms with Crippen LogP contribution in [0, 0.1) is 6.92 Å². The second-order valence-electron chi connectivity index (χ2n) is 8.60. The highest BCUT2D eigenvalue weighted by Gasteiger charge is 2.33. The van der Waals surface area contributed by atoms with Crippen LogP contribution in [0.25, 0.3) is 17.4 Å². The zero-order valence-electron chi connectivity index (χ0n) is 20.1. The molecule has 2 heterocycles. The maximum Gasteiger partial charge on any atom is 0.266 e. The highest BCUT2D eigenvalue weighted by molar-refractivity contribution is 8.18. The van der Waals surface area contributed by atoms with Crippen molar-refractivity contribution in [3.05, 3.63) is 118 Å². The third-order valence-electron chi connectivity index (χ3n) is 5.92. The standard InChI is InChI=1S/C30H24N2O4S/c1-20-7-13-24(14-8-20)31-30-32(18-17-21-5-3-2-4-6-21)28(33)27(37-30)19-25-15-16-26(36-25)22-9-11-23(12-10-22)29(34)35/h2-16,19H,17-18H2,1H3,(H,34,35)/p-1. The van der Waals surface area contributed by atoms with Gasteiger partial charge >= 0.3 is 0 Å². The summed E-state index contributed by atoms with van der Waals surface area (Å²) in [6.07, 6.45) is 2.43. The summed E-state index contributed by atoms with van der Waals surface area (Å²) in [7, 11) is 0. The van der Waals surface area contributed by atoms with Gasteiger partial charge in [-0.25, -0.2) is 4.99 Å². The van der Waals surface area contributed by atoms with E-state index in [1.165, 1.54) is 23.9 Å². The Morgan fingerprint density at radius 2 is 1.70 bits per heavy atom. The summed E-state index contributed by atoms with van der Waals surface area (Å²) < 4.78 is 5.95. The van der Waals surface area contributed by atoms with Crippen LogP contribution >= 0.6 is 11.8 Å². The van der Waals surface area contributed by atoms with Crippen molar-refractivity contribution >= 4 is 40.6 Å². The van der Waals surface area contributed by atoms with E-state index < -0.39 is 5.97 Å². The molecule has 1 aliphatic heterocycles. The van der Waals surface area contributed by atoms with E-state index in [4.69, 9.17) is 9.41 Å². The van der Waals surface area contributed by atoms with Gasteiger partial charge < -0.3 is 14.3 Å². The van der Waals surface area contributed by atoms with Crippen LogP contribution < -0.4 is 5.11 Å². The highest BCUT2D eigenvalue weighted by Crippen LogP contribution is 2.35. The Morgan fingerprint density at radius 1 is 0.973 bits per heavy atom. The largest absolute Gasteiger partial charge is 0.545 e. The highest BCUT2D eigenvalue weighted by atomic mass is 32.2. The lowest BCUT2D eigenvalue weighted by molar-refractivity contribution is -0.255. The minimum absolute atomic E-state index is 0.0987. The minimum Gasteiger partial charge on any atom is -0.545 e. The summed E-state index contributed by atoms with van der Waals surface area (Å²) in [5.74, 6) is -0.257. The molecule has 0 saturated carbocycles. The number of thioether (sulfide) groups is 1. The molecule has 0 aliphatic carbocycles. The zero-order valence-corrected chi connectivity index (χ0v) is 20.9. The molecule has 184 valence electrons. The van der Waals surface area contributed by atoms with E-state index in [-0.39, 0.29) is 11.5 Å². The third-order valence-corrected chi connectivity index (χ3v) is 6.93. The summed E-state index contributed by atoms with van der Waals surface area (Å²) in [5, 5.41) is 11.6. The molecule has 0 spiro atoms. The van der Waals surface area contributed by atoms with Crippen molar-refractivity contribution in [2.24, 2.45) is 4.99 Å². The first-order valence-corrected chi connectivity index (χ1v) is 12.6. The predicted octanol–water partition coefficient (Wildman–Crippen LogP) is 5.47. The lowest BCUT2D eigenvalue weighted by atomic mass is 10.1. The monoisotopic (exact) mass is 507 g/mol. The Hall–Kier alpha value is -4.36. The number of carbonyl (C=O) groups is 2. The van der Waals surface area contributed by atoms with Crippen LogP contribution in [0.2, 0.25) is 0 Å². The third kappa shape index (κ3) is 5.73. The van der Waals surface area contributed by atoms with Crippen LogP contribution in [0.5, 0.6) is 0 Å². The van der Waals surface area contributed by atoms with Crippen molar-refractivity contribution in [2.75, 3.05) is 6.54 Å². The summed E-state index contributed by atoms with van der Waals surface area (Å²) in [5.41, 5.74) is 3.90. The molecule has 1 saturated heterocycles. The fourth-order valence-electron chi connectivity index (χ4n) is 3.89. The van der Waals surface area contributed by atoms with Crippen molar-refractivity contribution in [2.45, 2.75) is 13.3 Å². The van der Waals surface area contributed by atoms with Gasteiger partial charge in [0.25, 0.3) is 5.91 Å². The zero-order chi connectivity index (χ0) is 25.8. The molecule has 6 nitrogen and oxygen atoms in total. The second-order valence-corrected chi connectivity index (χ2v) is 9.61. The molecule has 37 heavy (non-hydrogen) atoms. The lowest BCUT2D eigenvalue weighted by Crippen LogP contribution is -2.31. The van der Waals surface area contributed by atoms with Gasteiger partial charge in [0.05, 0.1) is 16.6 Å². The van der Waals surface area contributed by atoms with Crippen molar-refractivity contribution < 1.29 is 19.1 Å². The molecule has 1 amide bonds. The average Bonchev–Trinajstić information content (AvgIpc) is 3.49. The quantitative estimate of drug-likeness (QED) is 0.310. The molecule has 0 unspecified atom stereocenters. The number of amides is 1. The number of carbonyl (C=O) groups excluding carboxylic acids is 2. The number of amidine groups is 1. The SMILES string of the molecule is Cc1ccc(N=C2SC(=Cc3ccc(-c4ccc(C(=O)[O-])cc4)o3)C(=O)N2CCc2ccccc2)cc1. The van der Waals surface area contributed by atoms with E-state index in [0.717, 1.165) is 22.4 Å². The van der Waals surface area contributed by atoms with Crippen LogP contribution in [0.3, 0.4) is 0 Å². The first kappa shape index (κ1) is 24.3. The smallest absolute Gasteiger partial charge is 0.266 e. The van der Waals surface area contributed by atoms with E-state index in [1.807, 2.05) is 61.5 Å². The Bertz CT molecular complexity index is 1490. The average molecular weight is 508 g/mol. The summed E-state index contributed by atoms with van der Waals surface area (Å²) in [6.45, 7) is 2.53. The van der Waals surface area contributed by atoms with Crippen molar-refractivity contribution in [3.8, 4) is 11.3 Å². The topological polar surface area (TPSA) is 85.9 Å². The number of hydrogen-bond acceptors (Lipinski definition) is 6. The molecular formula is C30H23N2O4S-. The van der Waals surface area contributed by atoms with Crippen LogP contribution in [0.15, 0.2) is 105 Å². The number of aryl methyl sites for hydroxylation is 1. The molecule has 0 atom stereocenters. The molecule has 7 heteroatoms. The second kappa shape index (κ2) is 10.7. The fraction of sp³-hybridized carbons (Fsp3) is 0.100. The van der Waals surface area contributed by atoms with Crippen LogP contribution in [-0.4, -0.2) is 28.5 Å². The molecule has 5 rings (SSSR count). The van der Waals surface area contributed by atoms with Gasteiger partial charge in [0.15, 0.2) is 5.17 Å². The van der Waals surface area contributed by atoms with Gasteiger partial charge in [0, 0.05) is 18.2 Å². The van der Waals surface area contributed by atoms with Gasteiger partial charge in [-0.3, -0.25) is 9.69 Å². The maximum atomic E-state index is 13.4. The van der Waals surface area contributed by atoms with Gasteiger partial charge in [0.2, 0.25) is 0 Å². The number of aromatic carboxylic acids is 1. The van der Waals surface area contributed by atoms with Crippen molar-refractivity contribution in [1.29, 1.82) is 0 Å². The molecule has 0 bridgehead atoms. The van der Waals surface area contributed by atoms with Gasteiger partial charge in [-0.05, 0) is 60.5 Å². The van der Waals surface area contributed by atoms with E-state index in [2.05, 4.69) is 0 Å². The number of carboxylic acids is 1. The fourth-order valence-corrected chi connectivity index (χ4v) is 4.89. The molecule has 1 aromatic heterocycles. The number of aliphatic imine (C=N–C) groups is 1. The molecule has 0 N–H and O–H groups in total. The molecular weight excluding hydrogens is 484 g/mol. The molecule has 0 radical (unpaired) electrons. The predicted molar refractivity (Wildman–Crippen MR) is 144 cm³/mol. The van der Waals surface area contributed by atoms with Crippen molar-refractivity contribution in [3.63, 3.8) is 0 Å². The number of rotatable bonds is 7. The minimum atomic E-state index is -1.23. The maximum absolute atomic E-state index is 13.4. The normalized spacial score (nSPS) is 15.6. The molecule has 3 aromatic carbocycles. The first-order valence-electron chi connectivity index (χ1n) is 11.8. The Labute approximate surface area is 219 Å². The van der Waals surface area contributed by atoms with Gasteiger partial charge in [0.1, 0.15) is 11.5 Å². The van der Waals surface area contributed by atoms with Gasteiger partial charge in [-0.1, -0.05) is 72.3 Å². The lowest BCUT2D eigenvalue weighted by Gasteiger charge is -2.15.